The van der Waals surface area contributed by atoms with Crippen molar-refractivity contribution in [2.24, 2.45) is 29.6 Å². The first-order chi connectivity index (χ1) is 17.6. The van der Waals surface area contributed by atoms with Gasteiger partial charge in [0.1, 0.15) is 5.82 Å². The lowest BCUT2D eigenvalue weighted by Gasteiger charge is -2.40. The molecular formula is C29H40N4O2S. The van der Waals surface area contributed by atoms with E-state index >= 15 is 0 Å². The number of hydrogen-bond donors (Lipinski definition) is 0. The van der Waals surface area contributed by atoms with Crippen molar-refractivity contribution < 1.29 is 9.59 Å². The minimum absolute atomic E-state index is 0.0191. The Morgan fingerprint density at radius 1 is 0.889 bits per heavy atom. The van der Waals surface area contributed by atoms with Gasteiger partial charge in [-0.3, -0.25) is 19.4 Å². The number of amides is 2. The molecular weight excluding hydrogens is 468 g/mol. The lowest BCUT2D eigenvalue weighted by Crippen LogP contribution is -2.49. The summed E-state index contributed by atoms with van der Waals surface area (Å²) >= 11 is 1.60. The molecule has 3 heterocycles. The Kier molecular flexibility index (Phi) is 7.04. The fourth-order valence-corrected chi connectivity index (χ4v) is 8.47. The zero-order valence-corrected chi connectivity index (χ0v) is 22.4. The maximum Gasteiger partial charge on any atom is 0.233 e. The van der Waals surface area contributed by atoms with Crippen LogP contribution in [0.25, 0.3) is 10.1 Å². The van der Waals surface area contributed by atoms with Crippen LogP contribution in [0.5, 0.6) is 0 Å². The molecule has 2 aromatic rings. The summed E-state index contributed by atoms with van der Waals surface area (Å²) in [6.07, 6.45) is 9.05. The number of hydrogen-bond acceptors (Lipinski definition) is 6. The highest BCUT2D eigenvalue weighted by atomic mass is 32.1. The summed E-state index contributed by atoms with van der Waals surface area (Å²) in [6, 6.07) is 8.53. The van der Waals surface area contributed by atoms with E-state index in [4.69, 9.17) is 4.37 Å². The van der Waals surface area contributed by atoms with Crippen molar-refractivity contribution in [3.05, 3.63) is 24.3 Å². The molecule has 2 saturated heterocycles. The standard InChI is InChI=1S/C29H40N4O2S/c1-2-7-20-12-13-24-26(20)29(35)33(28(24)34)19-22-9-4-3-8-21(22)18-31-14-16-32(17-15-31)27-23-10-5-6-11-25(23)36-30-27/h5-6,10-11,20-22,24,26H,2-4,7-9,12-19H2,1H3/t20-,21-,22-,24-,26+/m0/s1. The highest BCUT2D eigenvalue weighted by Gasteiger charge is 2.54. The third-order valence-corrected chi connectivity index (χ3v) is 10.4. The molecule has 0 N–H and O–H groups in total. The van der Waals surface area contributed by atoms with Crippen LogP contribution in [0.3, 0.4) is 0 Å². The molecule has 36 heavy (non-hydrogen) atoms. The Hall–Kier alpha value is -1.99. The molecule has 2 aliphatic heterocycles. The van der Waals surface area contributed by atoms with E-state index in [1.54, 1.807) is 16.4 Å². The van der Waals surface area contributed by atoms with E-state index in [2.05, 4.69) is 41.0 Å². The normalized spacial score (nSPS) is 31.5. The molecule has 0 radical (unpaired) electrons. The molecule has 1 aromatic heterocycles. The zero-order chi connectivity index (χ0) is 24.6. The first-order valence-electron chi connectivity index (χ1n) is 14.3. The molecule has 194 valence electrons. The second-order valence-corrected chi connectivity index (χ2v) is 12.4. The number of rotatable bonds is 7. The molecule has 0 unspecified atom stereocenters. The van der Waals surface area contributed by atoms with Gasteiger partial charge in [0.05, 0.1) is 16.5 Å². The SMILES string of the molecule is CCC[C@H]1CC[C@@H]2C(=O)N(C[C@@H]3CCCC[C@H]3CN3CCN(c4nsc5ccccc45)CC3)C(=O)[C@H]12. The second kappa shape index (κ2) is 10.4. The van der Waals surface area contributed by atoms with E-state index in [9.17, 15) is 9.59 Å². The largest absolute Gasteiger partial charge is 0.353 e. The third kappa shape index (κ3) is 4.47. The fourth-order valence-electron chi connectivity index (χ4n) is 7.67. The Balaban J connectivity index is 1.07. The molecule has 7 heteroatoms. The predicted molar refractivity (Wildman–Crippen MR) is 145 cm³/mol. The van der Waals surface area contributed by atoms with E-state index in [0.29, 0.717) is 24.3 Å². The number of anilines is 1. The molecule has 0 bridgehead atoms. The fraction of sp³-hybridized carbons (Fsp3) is 0.690. The maximum atomic E-state index is 13.4. The number of likely N-dealkylation sites (tertiary alicyclic amines) is 1. The number of piperazine rings is 1. The Labute approximate surface area is 219 Å². The van der Waals surface area contributed by atoms with Gasteiger partial charge in [-0.05, 0) is 73.5 Å². The highest BCUT2D eigenvalue weighted by molar-refractivity contribution is 7.13. The van der Waals surface area contributed by atoms with Crippen LogP contribution in [0.2, 0.25) is 0 Å². The summed E-state index contributed by atoms with van der Waals surface area (Å²) in [5.41, 5.74) is 0. The van der Waals surface area contributed by atoms with Crippen molar-refractivity contribution in [1.82, 2.24) is 14.2 Å². The molecule has 1 aromatic carbocycles. The first-order valence-corrected chi connectivity index (χ1v) is 15.1. The first kappa shape index (κ1) is 24.4. The van der Waals surface area contributed by atoms with Crippen LogP contribution in [0.1, 0.15) is 58.3 Å². The summed E-state index contributed by atoms with van der Waals surface area (Å²) in [5, 5.41) is 1.27. The second-order valence-electron chi connectivity index (χ2n) is 11.6. The predicted octanol–water partition coefficient (Wildman–Crippen LogP) is 5.04. The Bertz CT molecular complexity index is 1090. The lowest BCUT2D eigenvalue weighted by molar-refractivity contribution is -0.142. The average Bonchev–Trinajstić information content (AvgIpc) is 3.58. The molecule has 0 spiro atoms. The van der Waals surface area contributed by atoms with Gasteiger partial charge in [0.25, 0.3) is 0 Å². The van der Waals surface area contributed by atoms with Gasteiger partial charge in [-0.1, -0.05) is 38.3 Å². The molecule has 2 saturated carbocycles. The number of nitrogens with zero attached hydrogens (tertiary/aromatic N) is 4. The van der Waals surface area contributed by atoms with Crippen LogP contribution in [0.4, 0.5) is 5.82 Å². The van der Waals surface area contributed by atoms with Crippen LogP contribution >= 0.6 is 11.5 Å². The number of imide groups is 1. The van der Waals surface area contributed by atoms with E-state index in [1.807, 2.05) is 0 Å². The number of benzene rings is 1. The Morgan fingerprint density at radius 3 is 2.42 bits per heavy atom. The van der Waals surface area contributed by atoms with Gasteiger partial charge in [-0.2, -0.15) is 4.37 Å². The smallest absolute Gasteiger partial charge is 0.233 e. The van der Waals surface area contributed by atoms with Gasteiger partial charge < -0.3 is 4.90 Å². The lowest BCUT2D eigenvalue weighted by atomic mass is 9.78. The minimum atomic E-state index is -0.0223. The van der Waals surface area contributed by atoms with E-state index < -0.39 is 0 Å². The van der Waals surface area contributed by atoms with Crippen LogP contribution < -0.4 is 4.90 Å². The molecule has 6 nitrogen and oxygen atoms in total. The van der Waals surface area contributed by atoms with E-state index in [-0.39, 0.29) is 23.7 Å². The highest BCUT2D eigenvalue weighted by Crippen LogP contribution is 2.46. The zero-order valence-electron chi connectivity index (χ0n) is 21.6. The molecule has 2 amide bonds. The molecule has 4 fully saturated rings. The Morgan fingerprint density at radius 2 is 1.64 bits per heavy atom. The topological polar surface area (TPSA) is 56.8 Å². The summed E-state index contributed by atoms with van der Waals surface area (Å²) in [4.78, 5) is 33.4. The van der Waals surface area contributed by atoms with Gasteiger partial charge >= 0.3 is 0 Å². The number of carbonyl (C=O) groups excluding carboxylic acids is 2. The number of aromatic nitrogens is 1. The van der Waals surface area contributed by atoms with Gasteiger partial charge in [0, 0.05) is 44.7 Å². The van der Waals surface area contributed by atoms with Crippen LogP contribution in [-0.4, -0.2) is 65.3 Å². The van der Waals surface area contributed by atoms with Crippen molar-refractivity contribution >= 4 is 39.3 Å². The maximum absolute atomic E-state index is 13.4. The van der Waals surface area contributed by atoms with Gasteiger partial charge in [-0.15, -0.1) is 0 Å². The van der Waals surface area contributed by atoms with Crippen LogP contribution in [-0.2, 0) is 9.59 Å². The van der Waals surface area contributed by atoms with Crippen LogP contribution in [0, 0.1) is 29.6 Å². The van der Waals surface area contributed by atoms with Gasteiger partial charge in [-0.25, -0.2) is 0 Å². The summed E-state index contributed by atoms with van der Waals surface area (Å²) < 4.78 is 6.02. The van der Waals surface area contributed by atoms with E-state index in [1.165, 1.54) is 29.3 Å². The molecule has 6 rings (SSSR count). The quantitative estimate of drug-likeness (QED) is 0.491. The summed E-state index contributed by atoms with van der Waals surface area (Å²) in [5.74, 6) is 2.87. The van der Waals surface area contributed by atoms with Crippen molar-refractivity contribution in [3.63, 3.8) is 0 Å². The minimum Gasteiger partial charge on any atom is -0.353 e. The third-order valence-electron chi connectivity index (χ3n) is 9.59. The van der Waals surface area contributed by atoms with Gasteiger partial charge in [0.2, 0.25) is 11.8 Å². The van der Waals surface area contributed by atoms with Crippen molar-refractivity contribution in [2.75, 3.05) is 44.2 Å². The summed E-state index contributed by atoms with van der Waals surface area (Å²) in [6.45, 7) is 8.08. The number of carbonyl (C=O) groups is 2. The van der Waals surface area contributed by atoms with E-state index in [0.717, 1.165) is 70.6 Å². The van der Waals surface area contributed by atoms with Gasteiger partial charge in [0.15, 0.2) is 0 Å². The van der Waals surface area contributed by atoms with Crippen LogP contribution in [0.15, 0.2) is 24.3 Å². The molecule has 4 aliphatic rings. The molecule has 2 aliphatic carbocycles. The average molecular weight is 509 g/mol. The van der Waals surface area contributed by atoms with Crippen molar-refractivity contribution in [1.29, 1.82) is 0 Å². The molecule has 5 atom stereocenters. The van der Waals surface area contributed by atoms with Crippen molar-refractivity contribution in [2.45, 2.75) is 58.3 Å². The van der Waals surface area contributed by atoms with Crippen molar-refractivity contribution in [3.8, 4) is 0 Å². The monoisotopic (exact) mass is 508 g/mol. The summed E-state index contributed by atoms with van der Waals surface area (Å²) in [7, 11) is 0. The number of fused-ring (bicyclic) bond motifs is 2.